The molecule has 0 radical (unpaired) electrons. The molecular formula is C19H19N. The molecule has 100 valence electrons. The minimum absolute atomic E-state index is 1.06. The van der Waals surface area contributed by atoms with E-state index in [1.165, 1.54) is 33.2 Å². The summed E-state index contributed by atoms with van der Waals surface area (Å²) < 4.78 is 0. The highest BCUT2D eigenvalue weighted by atomic mass is 14.7. The zero-order valence-corrected chi connectivity index (χ0v) is 12.5. The van der Waals surface area contributed by atoms with Gasteiger partial charge in [-0.15, -0.1) is 0 Å². The Morgan fingerprint density at radius 1 is 0.750 bits per heavy atom. The lowest BCUT2D eigenvalue weighted by Gasteiger charge is -2.11. The fraction of sp³-hybridized carbons (Fsp3) is 0.211. The van der Waals surface area contributed by atoms with Crippen LogP contribution in [0.2, 0.25) is 0 Å². The van der Waals surface area contributed by atoms with Crippen molar-refractivity contribution < 1.29 is 0 Å². The fourth-order valence-electron chi connectivity index (χ4n) is 2.63. The predicted octanol–water partition coefficient (Wildman–Crippen LogP) is 5.14. The van der Waals surface area contributed by atoms with Crippen molar-refractivity contribution in [1.82, 2.24) is 4.98 Å². The van der Waals surface area contributed by atoms with Crippen LogP contribution in [0.4, 0.5) is 0 Å². The number of pyridine rings is 1. The van der Waals surface area contributed by atoms with Crippen LogP contribution in [-0.4, -0.2) is 4.98 Å². The number of nitrogens with zero attached hydrogens (tertiary/aromatic N) is 1. The van der Waals surface area contributed by atoms with Gasteiger partial charge in [-0.05, 0) is 62.6 Å². The van der Waals surface area contributed by atoms with Gasteiger partial charge < -0.3 is 0 Å². The summed E-state index contributed by atoms with van der Waals surface area (Å²) in [7, 11) is 0. The van der Waals surface area contributed by atoms with E-state index in [4.69, 9.17) is 4.98 Å². The van der Waals surface area contributed by atoms with Crippen molar-refractivity contribution >= 4 is 10.9 Å². The first kappa shape index (κ1) is 12.9. The average molecular weight is 261 g/mol. The molecule has 0 saturated heterocycles. The topological polar surface area (TPSA) is 12.9 Å². The van der Waals surface area contributed by atoms with Crippen LogP contribution in [0, 0.1) is 27.7 Å². The van der Waals surface area contributed by atoms with E-state index in [2.05, 4.69) is 70.2 Å². The van der Waals surface area contributed by atoms with Crippen LogP contribution in [0.25, 0.3) is 22.2 Å². The normalized spacial score (nSPS) is 11.0. The van der Waals surface area contributed by atoms with E-state index < -0.39 is 0 Å². The van der Waals surface area contributed by atoms with Crippen LogP contribution in [0.5, 0.6) is 0 Å². The minimum atomic E-state index is 1.06. The molecule has 1 heteroatoms. The third kappa shape index (κ3) is 2.09. The van der Waals surface area contributed by atoms with Crippen molar-refractivity contribution in [3.05, 3.63) is 64.7 Å². The Hall–Kier alpha value is -2.15. The number of aryl methyl sites for hydroxylation is 2. The number of fused-ring (bicyclic) bond motifs is 1. The molecule has 1 aromatic heterocycles. The van der Waals surface area contributed by atoms with Gasteiger partial charge in [0.05, 0.1) is 11.2 Å². The maximum absolute atomic E-state index is 4.82. The van der Waals surface area contributed by atoms with E-state index in [1.807, 2.05) is 0 Å². The SMILES string of the molecule is Cc1ccc2nc(-c3ccc(C)c(C)c3C)ccc2c1. The Morgan fingerprint density at radius 2 is 1.55 bits per heavy atom. The molecule has 0 saturated carbocycles. The average Bonchev–Trinajstić information content (AvgIpc) is 2.44. The highest BCUT2D eigenvalue weighted by Gasteiger charge is 2.08. The van der Waals surface area contributed by atoms with Crippen molar-refractivity contribution in [3.8, 4) is 11.3 Å². The van der Waals surface area contributed by atoms with Gasteiger partial charge in [0.1, 0.15) is 0 Å². The second-order valence-corrected chi connectivity index (χ2v) is 5.57. The van der Waals surface area contributed by atoms with Gasteiger partial charge in [-0.25, -0.2) is 4.98 Å². The van der Waals surface area contributed by atoms with Gasteiger partial charge in [-0.3, -0.25) is 0 Å². The molecule has 0 bridgehead atoms. The van der Waals surface area contributed by atoms with Crippen LogP contribution < -0.4 is 0 Å². The van der Waals surface area contributed by atoms with Gasteiger partial charge >= 0.3 is 0 Å². The van der Waals surface area contributed by atoms with Gasteiger partial charge in [-0.1, -0.05) is 29.8 Å². The fourth-order valence-corrected chi connectivity index (χ4v) is 2.63. The zero-order valence-electron chi connectivity index (χ0n) is 12.5. The number of benzene rings is 2. The largest absolute Gasteiger partial charge is 0.248 e. The molecule has 0 aliphatic rings. The Labute approximate surface area is 120 Å². The van der Waals surface area contributed by atoms with Gasteiger partial charge in [0.15, 0.2) is 0 Å². The molecule has 20 heavy (non-hydrogen) atoms. The summed E-state index contributed by atoms with van der Waals surface area (Å²) in [5.41, 5.74) is 8.64. The summed E-state index contributed by atoms with van der Waals surface area (Å²) in [4.78, 5) is 4.82. The van der Waals surface area contributed by atoms with Crippen LogP contribution in [0.1, 0.15) is 22.3 Å². The van der Waals surface area contributed by atoms with Crippen molar-refractivity contribution in [2.24, 2.45) is 0 Å². The van der Waals surface area contributed by atoms with Gasteiger partial charge in [0.25, 0.3) is 0 Å². The third-order valence-electron chi connectivity index (χ3n) is 4.18. The summed E-state index contributed by atoms with van der Waals surface area (Å²) in [6.45, 7) is 8.63. The lowest BCUT2D eigenvalue weighted by atomic mass is 9.96. The summed E-state index contributed by atoms with van der Waals surface area (Å²) in [6, 6.07) is 15.0. The molecule has 3 aromatic rings. The van der Waals surface area contributed by atoms with E-state index >= 15 is 0 Å². The van der Waals surface area contributed by atoms with Crippen molar-refractivity contribution in [1.29, 1.82) is 0 Å². The maximum atomic E-state index is 4.82. The molecule has 0 spiro atoms. The van der Waals surface area contributed by atoms with E-state index in [9.17, 15) is 0 Å². The van der Waals surface area contributed by atoms with Crippen LogP contribution in [-0.2, 0) is 0 Å². The highest BCUT2D eigenvalue weighted by molar-refractivity contribution is 5.82. The van der Waals surface area contributed by atoms with Crippen molar-refractivity contribution in [2.75, 3.05) is 0 Å². The molecule has 0 unspecified atom stereocenters. The molecule has 0 fully saturated rings. The van der Waals surface area contributed by atoms with E-state index in [1.54, 1.807) is 0 Å². The molecule has 0 N–H and O–H groups in total. The molecule has 2 aromatic carbocycles. The smallest absolute Gasteiger partial charge is 0.0712 e. The summed E-state index contributed by atoms with van der Waals surface area (Å²) in [5, 5.41) is 1.20. The molecule has 0 aliphatic carbocycles. The Morgan fingerprint density at radius 3 is 2.35 bits per heavy atom. The number of aromatic nitrogens is 1. The lowest BCUT2D eigenvalue weighted by molar-refractivity contribution is 1.25. The van der Waals surface area contributed by atoms with E-state index in [-0.39, 0.29) is 0 Å². The Balaban J connectivity index is 2.20. The summed E-state index contributed by atoms with van der Waals surface area (Å²) >= 11 is 0. The maximum Gasteiger partial charge on any atom is 0.0712 e. The molecular weight excluding hydrogens is 242 g/mol. The first-order valence-corrected chi connectivity index (χ1v) is 7.01. The molecule has 1 heterocycles. The van der Waals surface area contributed by atoms with Crippen molar-refractivity contribution in [3.63, 3.8) is 0 Å². The van der Waals surface area contributed by atoms with Crippen molar-refractivity contribution in [2.45, 2.75) is 27.7 Å². The monoisotopic (exact) mass is 261 g/mol. The number of rotatable bonds is 1. The first-order valence-electron chi connectivity index (χ1n) is 7.01. The molecule has 3 rings (SSSR count). The van der Waals surface area contributed by atoms with E-state index in [0.29, 0.717) is 0 Å². The first-order chi connectivity index (χ1) is 9.56. The predicted molar refractivity (Wildman–Crippen MR) is 86.1 cm³/mol. The minimum Gasteiger partial charge on any atom is -0.248 e. The van der Waals surface area contributed by atoms with Crippen LogP contribution in [0.3, 0.4) is 0 Å². The quantitative estimate of drug-likeness (QED) is 0.591. The lowest BCUT2D eigenvalue weighted by Crippen LogP contribution is -1.93. The van der Waals surface area contributed by atoms with Gasteiger partial charge in [-0.2, -0.15) is 0 Å². The second-order valence-electron chi connectivity index (χ2n) is 5.57. The molecule has 0 atom stereocenters. The Bertz CT molecular complexity index is 800. The second kappa shape index (κ2) is 4.75. The number of hydrogen-bond acceptors (Lipinski definition) is 1. The summed E-state index contributed by atoms with van der Waals surface area (Å²) in [6.07, 6.45) is 0. The van der Waals surface area contributed by atoms with Gasteiger partial charge in [0, 0.05) is 10.9 Å². The van der Waals surface area contributed by atoms with Crippen LogP contribution in [0.15, 0.2) is 42.5 Å². The molecule has 0 amide bonds. The van der Waals surface area contributed by atoms with Gasteiger partial charge in [0.2, 0.25) is 0 Å². The highest BCUT2D eigenvalue weighted by Crippen LogP contribution is 2.27. The zero-order chi connectivity index (χ0) is 14.3. The third-order valence-corrected chi connectivity index (χ3v) is 4.18. The molecule has 1 nitrogen and oxygen atoms in total. The number of hydrogen-bond donors (Lipinski definition) is 0. The standard InChI is InChI=1S/C19H19N/c1-12-5-9-18-16(11-12)7-10-19(20-18)17-8-6-13(2)14(3)15(17)4/h5-11H,1-4H3. The van der Waals surface area contributed by atoms with Crippen LogP contribution >= 0.6 is 0 Å². The Kier molecular flexibility index (Phi) is 3.06. The molecule has 0 aliphatic heterocycles. The summed E-state index contributed by atoms with van der Waals surface area (Å²) in [5.74, 6) is 0. The van der Waals surface area contributed by atoms with E-state index in [0.717, 1.165) is 11.2 Å².